The average Bonchev–Trinajstić information content (AvgIpc) is 3.31. The minimum absolute atomic E-state index is 0.204. The number of aromatic hydroxyl groups is 1. The molecule has 190 valence electrons. The maximum absolute atomic E-state index is 13.1. The number of phenols is 1. The molecule has 0 bridgehead atoms. The average molecular weight is 520 g/mol. The van der Waals surface area contributed by atoms with Gasteiger partial charge in [-0.25, -0.2) is 24.0 Å². The summed E-state index contributed by atoms with van der Waals surface area (Å²) in [5, 5.41) is 14.3. The van der Waals surface area contributed by atoms with Gasteiger partial charge < -0.3 is 14.9 Å². The maximum Gasteiger partial charge on any atom is 0.351 e. The van der Waals surface area contributed by atoms with Gasteiger partial charge in [0.15, 0.2) is 5.78 Å². The first-order valence-electron chi connectivity index (χ1n) is 12.0. The highest BCUT2D eigenvalue weighted by Gasteiger charge is 2.25. The van der Waals surface area contributed by atoms with Gasteiger partial charge in [-0.05, 0) is 55.0 Å². The van der Waals surface area contributed by atoms with Crippen LogP contribution in [0.1, 0.15) is 29.7 Å². The maximum atomic E-state index is 13.1. The molecule has 11 heteroatoms. The molecule has 4 aromatic rings. The lowest BCUT2D eigenvalue weighted by Crippen LogP contribution is -2.47. The lowest BCUT2D eigenvalue weighted by molar-refractivity contribution is 0.0911. The number of rotatable bonds is 7. The van der Waals surface area contributed by atoms with Crippen molar-refractivity contribution in [2.75, 3.05) is 36.0 Å². The van der Waals surface area contributed by atoms with Crippen LogP contribution in [0.25, 0.3) is 5.69 Å². The highest BCUT2D eigenvalue weighted by Crippen LogP contribution is 2.22. The number of carbonyl (C=O) groups excluding carboxylic acids is 1. The van der Waals surface area contributed by atoms with Crippen LogP contribution in [-0.2, 0) is 0 Å². The van der Waals surface area contributed by atoms with E-state index in [0.29, 0.717) is 28.6 Å². The van der Waals surface area contributed by atoms with E-state index in [9.17, 15) is 14.7 Å². The van der Waals surface area contributed by atoms with Gasteiger partial charge in [-0.1, -0.05) is 18.5 Å². The Morgan fingerprint density at radius 1 is 0.946 bits per heavy atom. The Kier molecular flexibility index (Phi) is 6.91. The van der Waals surface area contributed by atoms with Gasteiger partial charge in [0.05, 0.1) is 18.1 Å². The lowest BCUT2D eigenvalue weighted by atomic mass is 10.0. The van der Waals surface area contributed by atoms with E-state index in [1.165, 1.54) is 15.6 Å². The number of nitrogens with zero attached hydrogens (tertiary/aromatic N) is 7. The highest BCUT2D eigenvalue weighted by atomic mass is 35.5. The van der Waals surface area contributed by atoms with Crippen molar-refractivity contribution in [3.05, 3.63) is 88.3 Å². The molecular weight excluding hydrogens is 494 g/mol. The van der Waals surface area contributed by atoms with Crippen molar-refractivity contribution in [1.82, 2.24) is 24.3 Å². The number of aromatic nitrogens is 5. The molecule has 1 atom stereocenters. The topological polar surface area (TPSA) is 109 Å². The first kappa shape index (κ1) is 24.5. The van der Waals surface area contributed by atoms with Crippen LogP contribution < -0.4 is 15.5 Å². The van der Waals surface area contributed by atoms with Crippen molar-refractivity contribution in [2.45, 2.75) is 19.4 Å². The van der Waals surface area contributed by atoms with Crippen LogP contribution in [-0.4, -0.2) is 61.4 Å². The molecule has 0 saturated carbocycles. The number of halogens is 1. The monoisotopic (exact) mass is 519 g/mol. The van der Waals surface area contributed by atoms with Crippen molar-refractivity contribution in [3.63, 3.8) is 0 Å². The number of carbonyl (C=O) groups is 1. The van der Waals surface area contributed by atoms with Gasteiger partial charge in [-0.3, -0.25) is 4.79 Å². The van der Waals surface area contributed by atoms with Crippen molar-refractivity contribution >= 4 is 29.0 Å². The predicted molar refractivity (Wildman–Crippen MR) is 141 cm³/mol. The molecular formula is C26H26ClN7O3. The van der Waals surface area contributed by atoms with Crippen molar-refractivity contribution < 1.29 is 9.90 Å². The number of anilines is 2. The lowest BCUT2D eigenvalue weighted by Gasteiger charge is -2.36. The molecule has 3 heterocycles. The second-order valence-electron chi connectivity index (χ2n) is 8.76. The van der Waals surface area contributed by atoms with E-state index in [2.05, 4.69) is 24.9 Å². The van der Waals surface area contributed by atoms with Gasteiger partial charge in [-0.2, -0.15) is 5.10 Å². The first-order valence-corrected chi connectivity index (χ1v) is 12.4. The van der Waals surface area contributed by atoms with Crippen LogP contribution >= 0.6 is 11.6 Å². The molecule has 1 aliphatic heterocycles. The normalized spacial score (nSPS) is 14.5. The minimum atomic E-state index is -0.736. The summed E-state index contributed by atoms with van der Waals surface area (Å²) in [4.78, 5) is 39.5. The number of phenolic OH excluding ortho intramolecular Hbond substituents is 1. The van der Waals surface area contributed by atoms with E-state index in [0.717, 1.165) is 31.9 Å². The molecule has 0 amide bonds. The van der Waals surface area contributed by atoms with Gasteiger partial charge in [0.1, 0.15) is 18.1 Å². The fourth-order valence-electron chi connectivity index (χ4n) is 4.41. The summed E-state index contributed by atoms with van der Waals surface area (Å²) in [6, 6.07) is 13.0. The molecule has 5 rings (SSSR count). The number of hydrogen-bond donors (Lipinski definition) is 1. The summed E-state index contributed by atoms with van der Waals surface area (Å²) >= 11 is 5.93. The van der Waals surface area contributed by atoms with Crippen molar-refractivity contribution in [2.24, 2.45) is 0 Å². The van der Waals surface area contributed by atoms with E-state index in [1.807, 2.05) is 19.1 Å². The first-order chi connectivity index (χ1) is 17.9. The van der Waals surface area contributed by atoms with Crippen LogP contribution in [0, 0.1) is 0 Å². The molecule has 2 aromatic heterocycles. The van der Waals surface area contributed by atoms with E-state index in [1.54, 1.807) is 48.8 Å². The third-order valence-electron chi connectivity index (χ3n) is 6.49. The standard InChI is InChI=1S/C26H26ClN7O3/c1-2-23(24(36)18-3-5-19(27)6-4-18)34-26(37)33(17-30-34)21-15-28-25(29-16-21)32-13-11-31(12-14-32)20-7-9-22(35)10-8-20/h3-10,15-17,23,35H,2,11-14H2,1H3. The fourth-order valence-corrected chi connectivity index (χ4v) is 4.54. The molecule has 37 heavy (non-hydrogen) atoms. The van der Waals surface area contributed by atoms with Gasteiger partial charge in [-0.15, -0.1) is 0 Å². The predicted octanol–water partition coefficient (Wildman–Crippen LogP) is 3.34. The van der Waals surface area contributed by atoms with E-state index in [4.69, 9.17) is 11.6 Å². The van der Waals surface area contributed by atoms with Crippen molar-refractivity contribution in [1.29, 1.82) is 0 Å². The molecule has 1 fully saturated rings. The van der Waals surface area contributed by atoms with E-state index < -0.39 is 11.7 Å². The van der Waals surface area contributed by atoms with Crippen LogP contribution in [0.3, 0.4) is 0 Å². The van der Waals surface area contributed by atoms with Crippen LogP contribution in [0.2, 0.25) is 5.02 Å². The number of hydrogen-bond acceptors (Lipinski definition) is 8. The summed E-state index contributed by atoms with van der Waals surface area (Å²) in [7, 11) is 0. The largest absolute Gasteiger partial charge is 0.508 e. The Hall–Kier alpha value is -4.18. The summed E-state index contributed by atoms with van der Waals surface area (Å²) in [6.45, 7) is 4.90. The second kappa shape index (κ2) is 10.4. The summed E-state index contributed by atoms with van der Waals surface area (Å²) in [5.41, 5.74) is 1.56. The summed E-state index contributed by atoms with van der Waals surface area (Å²) < 4.78 is 2.54. The van der Waals surface area contributed by atoms with Crippen molar-refractivity contribution in [3.8, 4) is 11.4 Å². The summed E-state index contributed by atoms with van der Waals surface area (Å²) in [6.07, 6.45) is 4.97. The van der Waals surface area contributed by atoms with E-state index >= 15 is 0 Å². The fraction of sp³-hybridized carbons (Fsp3) is 0.269. The smallest absolute Gasteiger partial charge is 0.351 e. The van der Waals surface area contributed by atoms with Gasteiger partial charge in [0.2, 0.25) is 5.95 Å². The Morgan fingerprint density at radius 2 is 1.57 bits per heavy atom. The Balaban J connectivity index is 1.28. The zero-order valence-electron chi connectivity index (χ0n) is 20.2. The van der Waals surface area contributed by atoms with Gasteiger partial charge in [0, 0.05) is 42.5 Å². The number of benzene rings is 2. The Labute approximate surface area is 218 Å². The minimum Gasteiger partial charge on any atom is -0.508 e. The highest BCUT2D eigenvalue weighted by molar-refractivity contribution is 6.30. The molecule has 1 saturated heterocycles. The molecule has 2 aromatic carbocycles. The Bertz CT molecular complexity index is 1430. The number of Topliss-reactive ketones (excluding diaryl/α,β-unsaturated/α-hetero) is 1. The number of piperazine rings is 1. The molecule has 0 spiro atoms. The SMILES string of the molecule is CCC(C(=O)c1ccc(Cl)cc1)n1ncn(-c2cnc(N3CCN(c4ccc(O)cc4)CC3)nc2)c1=O. The third-order valence-corrected chi connectivity index (χ3v) is 6.74. The van der Waals surface area contributed by atoms with Crippen LogP contribution in [0.5, 0.6) is 5.75 Å². The molecule has 0 aliphatic carbocycles. The van der Waals surface area contributed by atoms with Crippen LogP contribution in [0.4, 0.5) is 11.6 Å². The molecule has 1 unspecified atom stereocenters. The molecule has 1 aliphatic rings. The zero-order chi connectivity index (χ0) is 25.9. The Morgan fingerprint density at radius 3 is 2.19 bits per heavy atom. The molecule has 0 radical (unpaired) electrons. The molecule has 1 N–H and O–H groups in total. The molecule has 10 nitrogen and oxygen atoms in total. The second-order valence-corrected chi connectivity index (χ2v) is 9.19. The van der Waals surface area contributed by atoms with E-state index in [-0.39, 0.29) is 11.5 Å². The quantitative estimate of drug-likeness (QED) is 0.370. The number of ketones is 1. The van der Waals surface area contributed by atoms with Crippen LogP contribution in [0.15, 0.2) is 72.0 Å². The third kappa shape index (κ3) is 5.05. The zero-order valence-corrected chi connectivity index (χ0v) is 21.0. The van der Waals surface area contributed by atoms with Gasteiger partial charge in [0.25, 0.3) is 0 Å². The summed E-state index contributed by atoms with van der Waals surface area (Å²) in [5.74, 6) is 0.627. The van der Waals surface area contributed by atoms with Gasteiger partial charge >= 0.3 is 5.69 Å².